The molecule has 2 rings (SSSR count). The van der Waals surface area contributed by atoms with Crippen molar-refractivity contribution >= 4 is 5.57 Å². The van der Waals surface area contributed by atoms with E-state index < -0.39 is 0 Å². The van der Waals surface area contributed by atoms with E-state index in [4.69, 9.17) is 15.9 Å². The lowest BCUT2D eigenvalue weighted by Crippen LogP contribution is -2.07. The molecule has 0 radical (unpaired) electrons. The van der Waals surface area contributed by atoms with Gasteiger partial charge in [0.1, 0.15) is 18.5 Å². The quantitative estimate of drug-likeness (QED) is 0.585. The van der Waals surface area contributed by atoms with E-state index in [0.29, 0.717) is 0 Å². The van der Waals surface area contributed by atoms with Gasteiger partial charge in [-0.25, -0.2) is 0 Å². The molecule has 2 aromatic rings. The van der Waals surface area contributed by atoms with Crippen molar-refractivity contribution in [2.45, 2.75) is 6.10 Å². The highest BCUT2D eigenvalue weighted by molar-refractivity contribution is 5.69. The first kappa shape index (κ1) is 15.7. The highest BCUT2D eigenvalue weighted by Gasteiger charge is 2.18. The molecule has 0 N–H and O–H groups in total. The molecule has 0 aliphatic rings. The summed E-state index contributed by atoms with van der Waals surface area (Å²) >= 11 is 0. The maximum absolute atomic E-state index is 5.84. The first-order valence-electron chi connectivity index (χ1n) is 6.94. The molecule has 0 spiro atoms. The van der Waals surface area contributed by atoms with Crippen LogP contribution in [0.5, 0.6) is 5.75 Å². The number of ether oxygens (including phenoxy) is 2. The van der Waals surface area contributed by atoms with E-state index in [9.17, 15) is 0 Å². The van der Waals surface area contributed by atoms with Gasteiger partial charge in [0.25, 0.3) is 0 Å². The van der Waals surface area contributed by atoms with Crippen molar-refractivity contribution in [1.82, 2.24) is 0 Å². The molecule has 0 aromatic heterocycles. The van der Waals surface area contributed by atoms with E-state index in [2.05, 4.69) is 18.2 Å². The van der Waals surface area contributed by atoms with Crippen molar-refractivity contribution in [2.24, 2.45) is 0 Å². The molecule has 2 heteroatoms. The van der Waals surface area contributed by atoms with Gasteiger partial charge in [-0.1, -0.05) is 55.0 Å². The molecule has 0 fully saturated rings. The van der Waals surface area contributed by atoms with Gasteiger partial charge >= 0.3 is 0 Å². The van der Waals surface area contributed by atoms with Gasteiger partial charge in [0.15, 0.2) is 0 Å². The first-order valence-corrected chi connectivity index (χ1v) is 6.94. The van der Waals surface area contributed by atoms with Gasteiger partial charge in [0.05, 0.1) is 7.11 Å². The summed E-state index contributed by atoms with van der Waals surface area (Å²) in [5.74, 6) is 3.31. The van der Waals surface area contributed by atoms with Gasteiger partial charge < -0.3 is 9.47 Å². The Morgan fingerprint density at radius 2 is 1.82 bits per heavy atom. The number of benzene rings is 2. The monoisotopic (exact) mass is 290 g/mol. The van der Waals surface area contributed by atoms with Crippen LogP contribution in [0.25, 0.3) is 5.57 Å². The Morgan fingerprint density at radius 3 is 2.36 bits per heavy atom. The molecule has 0 amide bonds. The Morgan fingerprint density at radius 1 is 1.14 bits per heavy atom. The molecule has 2 nitrogen and oxygen atoms in total. The summed E-state index contributed by atoms with van der Waals surface area (Å²) < 4.78 is 11.0. The first-order chi connectivity index (χ1) is 10.8. The second kappa shape index (κ2) is 7.90. The van der Waals surface area contributed by atoms with E-state index in [1.807, 2.05) is 54.6 Å². The van der Waals surface area contributed by atoms with Crippen LogP contribution in [0, 0.1) is 12.3 Å². The average Bonchev–Trinajstić information content (AvgIpc) is 2.59. The minimum Gasteiger partial charge on any atom is -0.497 e. The molecule has 0 saturated carbocycles. The van der Waals surface area contributed by atoms with Crippen LogP contribution in [0.4, 0.5) is 0 Å². The van der Waals surface area contributed by atoms with Crippen LogP contribution in [-0.4, -0.2) is 13.7 Å². The third kappa shape index (κ3) is 3.68. The summed E-state index contributed by atoms with van der Waals surface area (Å²) in [4.78, 5) is 0. The van der Waals surface area contributed by atoms with Gasteiger partial charge in [0.2, 0.25) is 0 Å². The zero-order valence-corrected chi connectivity index (χ0v) is 12.6. The van der Waals surface area contributed by atoms with E-state index >= 15 is 0 Å². The molecule has 1 unspecified atom stereocenters. The topological polar surface area (TPSA) is 18.5 Å². The molecule has 0 heterocycles. The van der Waals surface area contributed by atoms with Crippen LogP contribution in [0.3, 0.4) is 0 Å². The standard InChI is InChI=1S/C20H18O2/c1-4-15-22-20(17-11-13-18(21-3)14-12-17)19(5-2)16-9-7-6-8-10-16/h1,6-14,20H,2,15H2,3H3. The molecule has 0 aliphatic carbocycles. The van der Waals surface area contributed by atoms with Gasteiger partial charge in [-0.2, -0.15) is 0 Å². The largest absolute Gasteiger partial charge is 0.497 e. The van der Waals surface area contributed by atoms with Crippen molar-refractivity contribution in [1.29, 1.82) is 0 Å². The van der Waals surface area contributed by atoms with Gasteiger partial charge in [-0.3, -0.25) is 0 Å². The molecule has 2 aromatic carbocycles. The number of hydrogen-bond donors (Lipinski definition) is 0. The number of terminal acetylenes is 1. The zero-order chi connectivity index (χ0) is 15.8. The fraction of sp³-hybridized carbons (Fsp3) is 0.150. The normalized spacial score (nSPS) is 11.1. The number of hydrogen-bond acceptors (Lipinski definition) is 2. The fourth-order valence-corrected chi connectivity index (χ4v) is 2.22. The second-order valence-corrected chi connectivity index (χ2v) is 4.62. The minimum atomic E-state index is -0.318. The maximum Gasteiger partial charge on any atom is 0.118 e. The summed E-state index contributed by atoms with van der Waals surface area (Å²) in [5, 5.41) is 0. The van der Waals surface area contributed by atoms with Crippen molar-refractivity contribution in [3.8, 4) is 18.1 Å². The lowest BCUT2D eigenvalue weighted by molar-refractivity contribution is 0.121. The van der Waals surface area contributed by atoms with E-state index in [1.54, 1.807) is 7.11 Å². The molecule has 1 atom stereocenters. The van der Waals surface area contributed by atoms with E-state index in [-0.39, 0.29) is 12.7 Å². The van der Waals surface area contributed by atoms with Crippen molar-refractivity contribution < 1.29 is 9.47 Å². The van der Waals surface area contributed by atoms with Crippen LogP contribution >= 0.6 is 0 Å². The molecule has 0 aliphatic heterocycles. The Hall–Kier alpha value is -2.72. The lowest BCUT2D eigenvalue weighted by Gasteiger charge is -2.20. The molecular formula is C20H18O2. The SMILES string of the molecule is C#CCOC(C(=C=C)c1ccccc1)c1ccc(OC)cc1. The predicted molar refractivity (Wildman–Crippen MR) is 89.5 cm³/mol. The Kier molecular flexibility index (Phi) is 5.63. The summed E-state index contributed by atoms with van der Waals surface area (Å²) in [6.07, 6.45) is 5.02. The Labute approximate surface area is 131 Å². The smallest absolute Gasteiger partial charge is 0.118 e. The molecule has 110 valence electrons. The predicted octanol–water partition coefficient (Wildman–Crippen LogP) is 4.25. The minimum absolute atomic E-state index is 0.217. The van der Waals surface area contributed by atoms with Crippen LogP contribution < -0.4 is 4.74 Å². The zero-order valence-electron chi connectivity index (χ0n) is 12.6. The highest BCUT2D eigenvalue weighted by atomic mass is 16.5. The summed E-state index contributed by atoms with van der Waals surface area (Å²) in [7, 11) is 1.64. The van der Waals surface area contributed by atoms with Gasteiger partial charge in [-0.05, 0) is 23.3 Å². The van der Waals surface area contributed by atoms with Crippen LogP contribution in [0.2, 0.25) is 0 Å². The summed E-state index contributed by atoms with van der Waals surface area (Å²) in [5.41, 5.74) is 5.85. The van der Waals surface area contributed by atoms with Crippen LogP contribution in [0.1, 0.15) is 17.2 Å². The lowest BCUT2D eigenvalue weighted by atomic mass is 9.95. The summed E-state index contributed by atoms with van der Waals surface area (Å²) in [6.45, 7) is 4.02. The molecular weight excluding hydrogens is 272 g/mol. The van der Waals surface area contributed by atoms with Crippen LogP contribution in [0.15, 0.2) is 66.9 Å². The van der Waals surface area contributed by atoms with Crippen LogP contribution in [-0.2, 0) is 4.74 Å². The average molecular weight is 290 g/mol. The Balaban J connectivity index is 2.40. The van der Waals surface area contributed by atoms with E-state index in [0.717, 1.165) is 22.4 Å². The van der Waals surface area contributed by atoms with E-state index in [1.165, 1.54) is 0 Å². The number of rotatable bonds is 6. The molecule has 22 heavy (non-hydrogen) atoms. The van der Waals surface area contributed by atoms with Gasteiger partial charge in [-0.15, -0.1) is 12.2 Å². The maximum atomic E-state index is 5.84. The fourth-order valence-electron chi connectivity index (χ4n) is 2.22. The van der Waals surface area contributed by atoms with Gasteiger partial charge in [0, 0.05) is 5.57 Å². The van der Waals surface area contributed by atoms with Crippen molar-refractivity contribution in [2.75, 3.05) is 13.7 Å². The highest BCUT2D eigenvalue weighted by Crippen LogP contribution is 2.33. The third-order valence-electron chi connectivity index (χ3n) is 3.29. The molecule has 0 saturated heterocycles. The summed E-state index contributed by atoms with van der Waals surface area (Å²) in [6, 6.07) is 17.6. The number of methoxy groups -OCH3 is 1. The third-order valence-corrected chi connectivity index (χ3v) is 3.29. The molecule has 0 bridgehead atoms. The van der Waals surface area contributed by atoms with Crippen molar-refractivity contribution in [3.05, 3.63) is 78.0 Å². The second-order valence-electron chi connectivity index (χ2n) is 4.62. The Bertz CT molecular complexity index is 687. The van der Waals surface area contributed by atoms with Crippen molar-refractivity contribution in [3.63, 3.8) is 0 Å².